The van der Waals surface area contributed by atoms with Gasteiger partial charge in [0.2, 0.25) is 0 Å². The highest BCUT2D eigenvalue weighted by atomic mass is 79.9. The Kier molecular flexibility index (Phi) is 5.15. The number of nitrogens with one attached hydrogen (secondary N) is 1. The van der Waals surface area contributed by atoms with Crippen molar-refractivity contribution in [1.82, 2.24) is 5.32 Å². The molecular formula is C14H19BrFNO. The molecular weight excluding hydrogens is 297 g/mol. The van der Waals surface area contributed by atoms with E-state index in [0.29, 0.717) is 6.10 Å². The first-order valence-corrected chi connectivity index (χ1v) is 7.24. The van der Waals surface area contributed by atoms with Gasteiger partial charge in [-0.05, 0) is 44.9 Å². The van der Waals surface area contributed by atoms with Crippen molar-refractivity contribution in [3.8, 4) is 0 Å². The number of hydrogen-bond donors (Lipinski definition) is 1. The Morgan fingerprint density at radius 3 is 3.00 bits per heavy atom. The molecule has 1 aliphatic heterocycles. The van der Waals surface area contributed by atoms with E-state index >= 15 is 0 Å². The number of hydrogen-bond acceptors (Lipinski definition) is 2. The zero-order valence-corrected chi connectivity index (χ0v) is 12.2. The molecule has 1 aliphatic rings. The molecule has 0 radical (unpaired) electrons. The molecule has 2 rings (SSSR count). The molecule has 18 heavy (non-hydrogen) atoms. The van der Waals surface area contributed by atoms with Crippen molar-refractivity contribution in [2.75, 3.05) is 13.7 Å². The third-order valence-corrected chi connectivity index (χ3v) is 4.19. The Labute approximate surface area is 116 Å². The van der Waals surface area contributed by atoms with Crippen LogP contribution in [0.5, 0.6) is 0 Å². The fourth-order valence-corrected chi connectivity index (χ4v) is 3.12. The average molecular weight is 316 g/mol. The summed E-state index contributed by atoms with van der Waals surface area (Å²) < 4.78 is 20.3. The van der Waals surface area contributed by atoms with Gasteiger partial charge < -0.3 is 10.1 Å². The summed E-state index contributed by atoms with van der Waals surface area (Å²) in [5, 5.41) is 3.20. The van der Waals surface area contributed by atoms with E-state index in [1.165, 1.54) is 6.07 Å². The monoisotopic (exact) mass is 315 g/mol. The molecule has 1 saturated heterocycles. The Hall–Kier alpha value is -0.450. The lowest BCUT2D eigenvalue weighted by molar-refractivity contribution is 0.0997. The van der Waals surface area contributed by atoms with Crippen LogP contribution in [0, 0.1) is 5.82 Å². The van der Waals surface area contributed by atoms with Gasteiger partial charge in [0.15, 0.2) is 0 Å². The van der Waals surface area contributed by atoms with Gasteiger partial charge in [0, 0.05) is 22.7 Å². The molecule has 1 fully saturated rings. The number of benzene rings is 1. The first-order chi connectivity index (χ1) is 8.72. The second-order valence-electron chi connectivity index (χ2n) is 4.69. The molecule has 0 spiro atoms. The minimum Gasteiger partial charge on any atom is -0.378 e. The molecule has 1 heterocycles. The van der Waals surface area contributed by atoms with Crippen LogP contribution in [0.2, 0.25) is 0 Å². The molecule has 100 valence electrons. The highest BCUT2D eigenvalue weighted by Crippen LogP contribution is 2.30. The second kappa shape index (κ2) is 6.64. The number of rotatable bonds is 5. The van der Waals surface area contributed by atoms with Crippen LogP contribution in [0.3, 0.4) is 0 Å². The van der Waals surface area contributed by atoms with Gasteiger partial charge in [0.05, 0.1) is 6.10 Å². The normalized spacial score (nSPS) is 21.2. The molecule has 0 saturated carbocycles. The van der Waals surface area contributed by atoms with Gasteiger partial charge >= 0.3 is 0 Å². The molecule has 4 heteroatoms. The van der Waals surface area contributed by atoms with Crippen LogP contribution in [0.4, 0.5) is 4.39 Å². The van der Waals surface area contributed by atoms with E-state index in [1.807, 2.05) is 13.1 Å². The minimum atomic E-state index is -0.156. The predicted molar refractivity (Wildman–Crippen MR) is 74.1 cm³/mol. The Bertz CT molecular complexity index is 373. The lowest BCUT2D eigenvalue weighted by Crippen LogP contribution is -2.20. The third-order valence-electron chi connectivity index (χ3n) is 3.50. The zero-order chi connectivity index (χ0) is 13.0. The van der Waals surface area contributed by atoms with E-state index in [4.69, 9.17) is 4.74 Å². The maximum atomic E-state index is 13.9. The molecule has 2 nitrogen and oxygen atoms in total. The van der Waals surface area contributed by atoms with Crippen LogP contribution in [-0.4, -0.2) is 19.8 Å². The highest BCUT2D eigenvalue weighted by molar-refractivity contribution is 9.10. The Morgan fingerprint density at radius 1 is 1.56 bits per heavy atom. The van der Waals surface area contributed by atoms with Crippen LogP contribution in [0.25, 0.3) is 0 Å². The maximum Gasteiger partial charge on any atom is 0.129 e. The van der Waals surface area contributed by atoms with Gasteiger partial charge in [0.1, 0.15) is 5.82 Å². The van der Waals surface area contributed by atoms with Crippen LogP contribution < -0.4 is 5.32 Å². The second-order valence-corrected chi connectivity index (χ2v) is 5.54. The summed E-state index contributed by atoms with van der Waals surface area (Å²) in [5.74, 6) is -0.156. The van der Waals surface area contributed by atoms with Crippen molar-refractivity contribution in [3.05, 3.63) is 34.1 Å². The average Bonchev–Trinajstić information content (AvgIpc) is 2.86. The van der Waals surface area contributed by atoms with Crippen molar-refractivity contribution in [2.45, 2.75) is 37.8 Å². The molecule has 0 amide bonds. The molecule has 1 aromatic rings. The minimum absolute atomic E-state index is 0.0322. The van der Waals surface area contributed by atoms with E-state index in [-0.39, 0.29) is 11.9 Å². The van der Waals surface area contributed by atoms with Gasteiger partial charge in [-0.25, -0.2) is 4.39 Å². The van der Waals surface area contributed by atoms with Crippen molar-refractivity contribution in [2.24, 2.45) is 0 Å². The summed E-state index contributed by atoms with van der Waals surface area (Å²) in [7, 11) is 1.87. The molecule has 2 atom stereocenters. The summed E-state index contributed by atoms with van der Waals surface area (Å²) in [6.45, 7) is 0.873. The van der Waals surface area contributed by atoms with Crippen molar-refractivity contribution in [3.63, 3.8) is 0 Å². The van der Waals surface area contributed by atoms with Crippen LogP contribution >= 0.6 is 15.9 Å². The van der Waals surface area contributed by atoms with E-state index in [9.17, 15) is 4.39 Å². The Morgan fingerprint density at radius 2 is 2.39 bits per heavy atom. The SMILES string of the molecule is CNC(CCC1CCCO1)c1c(F)cccc1Br. The van der Waals surface area contributed by atoms with E-state index < -0.39 is 0 Å². The topological polar surface area (TPSA) is 21.3 Å². The highest BCUT2D eigenvalue weighted by Gasteiger charge is 2.21. The van der Waals surface area contributed by atoms with Crippen molar-refractivity contribution >= 4 is 15.9 Å². The summed E-state index contributed by atoms with van der Waals surface area (Å²) >= 11 is 3.43. The number of ether oxygens (including phenoxy) is 1. The molecule has 1 N–H and O–H groups in total. The third kappa shape index (κ3) is 3.31. The smallest absolute Gasteiger partial charge is 0.129 e. The standard InChI is InChI=1S/C14H19BrFNO/c1-17-13(8-7-10-4-3-9-18-10)14-11(15)5-2-6-12(14)16/h2,5-6,10,13,17H,3-4,7-9H2,1H3. The lowest BCUT2D eigenvalue weighted by Gasteiger charge is -2.20. The summed E-state index contributed by atoms with van der Waals surface area (Å²) in [6, 6.07) is 5.14. The molecule has 0 aromatic heterocycles. The molecule has 0 bridgehead atoms. The van der Waals surface area contributed by atoms with E-state index in [2.05, 4.69) is 21.2 Å². The molecule has 0 aliphatic carbocycles. The van der Waals surface area contributed by atoms with Gasteiger partial charge in [-0.15, -0.1) is 0 Å². The van der Waals surface area contributed by atoms with E-state index in [1.54, 1.807) is 6.07 Å². The van der Waals surface area contributed by atoms with Gasteiger partial charge in [-0.1, -0.05) is 22.0 Å². The largest absolute Gasteiger partial charge is 0.378 e. The quantitative estimate of drug-likeness (QED) is 0.892. The fraction of sp³-hybridized carbons (Fsp3) is 0.571. The number of halogens is 2. The van der Waals surface area contributed by atoms with E-state index in [0.717, 1.165) is 42.3 Å². The van der Waals surface area contributed by atoms with Crippen molar-refractivity contribution in [1.29, 1.82) is 0 Å². The fourth-order valence-electron chi connectivity index (χ4n) is 2.50. The summed E-state index contributed by atoms with van der Waals surface area (Å²) in [6.07, 6.45) is 4.51. The summed E-state index contributed by atoms with van der Waals surface area (Å²) in [4.78, 5) is 0. The predicted octanol–water partition coefficient (Wildman–Crippen LogP) is 3.81. The van der Waals surface area contributed by atoms with Crippen LogP contribution in [0.1, 0.15) is 37.3 Å². The van der Waals surface area contributed by atoms with Gasteiger partial charge in [0.25, 0.3) is 0 Å². The van der Waals surface area contributed by atoms with Gasteiger partial charge in [-0.2, -0.15) is 0 Å². The van der Waals surface area contributed by atoms with Crippen LogP contribution in [-0.2, 0) is 4.74 Å². The summed E-state index contributed by atoms with van der Waals surface area (Å²) in [5.41, 5.74) is 0.720. The van der Waals surface area contributed by atoms with Crippen LogP contribution in [0.15, 0.2) is 22.7 Å². The van der Waals surface area contributed by atoms with Crippen molar-refractivity contribution < 1.29 is 9.13 Å². The Balaban J connectivity index is 2.03. The molecule has 1 aromatic carbocycles. The lowest BCUT2D eigenvalue weighted by atomic mass is 9.99. The first-order valence-electron chi connectivity index (χ1n) is 6.45. The first kappa shape index (κ1) is 14.0. The van der Waals surface area contributed by atoms with Gasteiger partial charge in [-0.3, -0.25) is 0 Å². The zero-order valence-electron chi connectivity index (χ0n) is 10.6. The maximum absolute atomic E-state index is 13.9. The molecule has 2 unspecified atom stereocenters.